The van der Waals surface area contributed by atoms with Gasteiger partial charge >= 0.3 is 0 Å². The van der Waals surface area contributed by atoms with Gasteiger partial charge in [-0.15, -0.1) is 0 Å². The molecule has 0 saturated carbocycles. The maximum Gasteiger partial charge on any atom is 0.119 e. The topological polar surface area (TPSA) is 24.5 Å². The molecule has 0 amide bonds. The highest BCUT2D eigenvalue weighted by atomic mass is 79.9. The average molecular weight is 311 g/mol. The van der Waals surface area contributed by atoms with E-state index in [2.05, 4.69) is 38.3 Å². The van der Waals surface area contributed by atoms with Gasteiger partial charge in [0.25, 0.3) is 0 Å². The molecule has 2 heterocycles. The van der Waals surface area contributed by atoms with Crippen LogP contribution in [0.4, 0.5) is 0 Å². The van der Waals surface area contributed by atoms with Crippen molar-refractivity contribution in [3.05, 3.63) is 28.2 Å². The molecule has 3 rings (SSSR count). The summed E-state index contributed by atoms with van der Waals surface area (Å²) in [6.07, 6.45) is 0. The molecular formula is C14H19BrN2O. The van der Waals surface area contributed by atoms with E-state index in [1.807, 2.05) is 6.07 Å². The lowest BCUT2D eigenvalue weighted by Crippen LogP contribution is -2.25. The van der Waals surface area contributed by atoms with Gasteiger partial charge in [0.15, 0.2) is 0 Å². The molecule has 1 N–H and O–H groups in total. The van der Waals surface area contributed by atoms with Crippen molar-refractivity contribution < 1.29 is 4.74 Å². The number of halogens is 1. The summed E-state index contributed by atoms with van der Waals surface area (Å²) in [5.74, 6) is 2.65. The maximum atomic E-state index is 5.30. The Bertz CT molecular complexity index is 426. The fraction of sp³-hybridized carbons (Fsp3) is 0.571. The fourth-order valence-corrected chi connectivity index (χ4v) is 3.49. The largest absolute Gasteiger partial charge is 0.497 e. The summed E-state index contributed by atoms with van der Waals surface area (Å²) in [5, 5.41) is 3.48. The van der Waals surface area contributed by atoms with Crippen LogP contribution < -0.4 is 10.1 Å². The molecule has 2 aliphatic heterocycles. The number of likely N-dealkylation sites (tertiary alicyclic amines) is 1. The lowest BCUT2D eigenvalue weighted by Gasteiger charge is -2.18. The van der Waals surface area contributed by atoms with Crippen molar-refractivity contribution in [3.63, 3.8) is 0 Å². The Labute approximate surface area is 117 Å². The van der Waals surface area contributed by atoms with Gasteiger partial charge in [0, 0.05) is 24.1 Å². The standard InChI is InChI=1S/C14H19BrN2O/c1-18-13-2-3-14(15)10(4-13)7-17-8-11-5-16-6-12(11)9-17/h2-4,11-12,16H,5-9H2,1H3. The molecule has 2 aliphatic rings. The Kier molecular flexibility index (Phi) is 3.59. The molecule has 2 unspecified atom stereocenters. The van der Waals surface area contributed by atoms with E-state index in [1.54, 1.807) is 7.11 Å². The summed E-state index contributed by atoms with van der Waals surface area (Å²) in [6.45, 7) is 5.86. The first-order chi connectivity index (χ1) is 8.76. The number of nitrogens with zero attached hydrogens (tertiary/aromatic N) is 1. The number of rotatable bonds is 3. The van der Waals surface area contributed by atoms with E-state index >= 15 is 0 Å². The predicted octanol–water partition coefficient (Wildman–Crippen LogP) is 2.11. The minimum atomic E-state index is 0.856. The van der Waals surface area contributed by atoms with Crippen molar-refractivity contribution in [3.8, 4) is 5.75 Å². The Morgan fingerprint density at radius 2 is 2.06 bits per heavy atom. The Hall–Kier alpha value is -0.580. The molecular weight excluding hydrogens is 292 g/mol. The van der Waals surface area contributed by atoms with E-state index in [9.17, 15) is 0 Å². The molecule has 3 nitrogen and oxygen atoms in total. The minimum absolute atomic E-state index is 0.856. The van der Waals surface area contributed by atoms with Crippen LogP contribution in [0.3, 0.4) is 0 Å². The Morgan fingerprint density at radius 3 is 2.72 bits per heavy atom. The zero-order valence-corrected chi connectivity index (χ0v) is 12.2. The number of hydrogen-bond donors (Lipinski definition) is 1. The summed E-state index contributed by atoms with van der Waals surface area (Å²) in [6, 6.07) is 6.21. The van der Waals surface area contributed by atoms with Crippen molar-refractivity contribution >= 4 is 15.9 Å². The highest BCUT2D eigenvalue weighted by Crippen LogP contribution is 2.30. The number of hydrogen-bond acceptors (Lipinski definition) is 3. The number of benzene rings is 1. The van der Waals surface area contributed by atoms with E-state index in [0.29, 0.717) is 0 Å². The lowest BCUT2D eigenvalue weighted by atomic mass is 10.0. The molecule has 4 heteroatoms. The van der Waals surface area contributed by atoms with Crippen LogP contribution in [0, 0.1) is 11.8 Å². The van der Waals surface area contributed by atoms with E-state index in [1.165, 1.54) is 36.2 Å². The van der Waals surface area contributed by atoms with Crippen molar-refractivity contribution in [1.29, 1.82) is 0 Å². The van der Waals surface area contributed by atoms with Crippen LogP contribution in [0.5, 0.6) is 5.75 Å². The maximum absolute atomic E-state index is 5.30. The molecule has 18 heavy (non-hydrogen) atoms. The first-order valence-corrected chi connectivity index (χ1v) is 7.31. The molecule has 0 spiro atoms. The number of methoxy groups -OCH3 is 1. The fourth-order valence-electron chi connectivity index (χ4n) is 3.12. The third kappa shape index (κ3) is 2.42. The monoisotopic (exact) mass is 310 g/mol. The van der Waals surface area contributed by atoms with Gasteiger partial charge in [0.05, 0.1) is 7.11 Å². The zero-order valence-electron chi connectivity index (χ0n) is 10.7. The van der Waals surface area contributed by atoms with Gasteiger partial charge in [0.2, 0.25) is 0 Å². The molecule has 98 valence electrons. The second-order valence-corrected chi connectivity index (χ2v) is 6.18. The third-order valence-corrected chi connectivity index (χ3v) is 4.89. The van der Waals surface area contributed by atoms with Gasteiger partial charge in [-0.1, -0.05) is 15.9 Å². The SMILES string of the molecule is COc1ccc(Br)c(CN2CC3CNCC3C2)c1. The van der Waals surface area contributed by atoms with E-state index < -0.39 is 0 Å². The van der Waals surface area contributed by atoms with Gasteiger partial charge < -0.3 is 10.1 Å². The molecule has 1 aromatic rings. The van der Waals surface area contributed by atoms with Crippen molar-refractivity contribution in [2.24, 2.45) is 11.8 Å². The van der Waals surface area contributed by atoms with Gasteiger partial charge in [-0.2, -0.15) is 0 Å². The summed E-state index contributed by atoms with van der Waals surface area (Å²) in [5.41, 5.74) is 1.32. The summed E-state index contributed by atoms with van der Waals surface area (Å²) < 4.78 is 6.48. The third-order valence-electron chi connectivity index (χ3n) is 4.11. The summed E-state index contributed by atoms with van der Waals surface area (Å²) in [7, 11) is 1.72. The molecule has 0 radical (unpaired) electrons. The van der Waals surface area contributed by atoms with Gasteiger partial charge in [-0.3, -0.25) is 4.90 Å². The van der Waals surface area contributed by atoms with Gasteiger partial charge in [0.1, 0.15) is 5.75 Å². The van der Waals surface area contributed by atoms with Crippen molar-refractivity contribution in [2.45, 2.75) is 6.54 Å². The van der Waals surface area contributed by atoms with Crippen LogP contribution in [-0.2, 0) is 6.54 Å². The van der Waals surface area contributed by atoms with Crippen LogP contribution in [0.15, 0.2) is 22.7 Å². The smallest absolute Gasteiger partial charge is 0.119 e. The average Bonchev–Trinajstić information content (AvgIpc) is 2.92. The van der Waals surface area contributed by atoms with Crippen LogP contribution in [0.2, 0.25) is 0 Å². The first kappa shape index (κ1) is 12.5. The minimum Gasteiger partial charge on any atom is -0.497 e. The van der Waals surface area contributed by atoms with Gasteiger partial charge in [-0.25, -0.2) is 0 Å². The highest BCUT2D eigenvalue weighted by molar-refractivity contribution is 9.10. The molecule has 2 saturated heterocycles. The zero-order chi connectivity index (χ0) is 12.5. The Balaban J connectivity index is 1.69. The van der Waals surface area contributed by atoms with Crippen molar-refractivity contribution in [2.75, 3.05) is 33.3 Å². The molecule has 0 aliphatic carbocycles. The van der Waals surface area contributed by atoms with E-state index in [0.717, 1.165) is 24.1 Å². The summed E-state index contributed by atoms with van der Waals surface area (Å²) >= 11 is 3.63. The van der Waals surface area contributed by atoms with Crippen LogP contribution in [0.25, 0.3) is 0 Å². The predicted molar refractivity (Wildman–Crippen MR) is 75.8 cm³/mol. The summed E-state index contributed by atoms with van der Waals surface area (Å²) in [4.78, 5) is 2.57. The molecule has 2 atom stereocenters. The van der Waals surface area contributed by atoms with Crippen LogP contribution in [-0.4, -0.2) is 38.2 Å². The Morgan fingerprint density at radius 1 is 1.33 bits per heavy atom. The number of fused-ring (bicyclic) bond motifs is 1. The second kappa shape index (κ2) is 5.19. The molecule has 1 aromatic carbocycles. The molecule has 0 bridgehead atoms. The van der Waals surface area contributed by atoms with E-state index in [4.69, 9.17) is 4.74 Å². The van der Waals surface area contributed by atoms with Crippen LogP contribution >= 0.6 is 15.9 Å². The highest BCUT2D eigenvalue weighted by Gasteiger charge is 2.35. The quantitative estimate of drug-likeness (QED) is 0.925. The van der Waals surface area contributed by atoms with Crippen molar-refractivity contribution in [1.82, 2.24) is 10.2 Å². The van der Waals surface area contributed by atoms with Crippen LogP contribution in [0.1, 0.15) is 5.56 Å². The first-order valence-electron chi connectivity index (χ1n) is 6.52. The van der Waals surface area contributed by atoms with E-state index in [-0.39, 0.29) is 0 Å². The normalized spacial score (nSPS) is 27.4. The molecule has 2 fully saturated rings. The molecule has 0 aromatic heterocycles. The van der Waals surface area contributed by atoms with Gasteiger partial charge in [-0.05, 0) is 48.7 Å². The number of ether oxygens (including phenoxy) is 1. The lowest BCUT2D eigenvalue weighted by molar-refractivity contribution is 0.304. The number of nitrogens with one attached hydrogen (secondary N) is 1. The second-order valence-electron chi connectivity index (χ2n) is 5.33.